The molecule has 0 saturated carbocycles. The quantitative estimate of drug-likeness (QED) is 0.329. The van der Waals surface area contributed by atoms with E-state index in [4.69, 9.17) is 9.47 Å². The Morgan fingerprint density at radius 3 is 2.44 bits per heavy atom. The van der Waals surface area contributed by atoms with Crippen LogP contribution in [0, 0.1) is 11.3 Å². The number of esters is 1. The number of nitrogens with zero attached hydrogens (tertiary/aromatic N) is 3. The minimum absolute atomic E-state index is 0.0114. The monoisotopic (exact) mass is 430 g/mol. The van der Waals surface area contributed by atoms with Gasteiger partial charge in [0, 0.05) is 17.4 Å². The number of nitrogens with one attached hydrogen (secondary N) is 1. The van der Waals surface area contributed by atoms with Gasteiger partial charge in [-0.3, -0.25) is 4.79 Å². The van der Waals surface area contributed by atoms with Gasteiger partial charge >= 0.3 is 5.97 Å². The summed E-state index contributed by atoms with van der Waals surface area (Å²) in [5.74, 6) is -0.578. The van der Waals surface area contributed by atoms with Crippen molar-refractivity contribution in [3.8, 4) is 17.5 Å². The second kappa shape index (κ2) is 10.6. The van der Waals surface area contributed by atoms with Crippen molar-refractivity contribution in [1.82, 2.24) is 9.78 Å². The number of carbonyl (C=O) groups excluding carboxylic acids is 2. The molecule has 0 aliphatic heterocycles. The van der Waals surface area contributed by atoms with Gasteiger partial charge in [0.2, 0.25) is 0 Å². The number of hydrogen-bond donors (Lipinski definition) is 1. The van der Waals surface area contributed by atoms with Crippen LogP contribution in [0.25, 0.3) is 11.8 Å². The highest BCUT2D eigenvalue weighted by Crippen LogP contribution is 2.19. The molecular formula is C24H22N4O4. The van der Waals surface area contributed by atoms with Crippen molar-refractivity contribution in [3.63, 3.8) is 0 Å². The molecule has 162 valence electrons. The Balaban J connectivity index is 1.90. The molecule has 2 aromatic carbocycles. The van der Waals surface area contributed by atoms with E-state index in [0.717, 1.165) is 5.69 Å². The van der Waals surface area contributed by atoms with E-state index in [1.54, 1.807) is 37.4 Å². The van der Waals surface area contributed by atoms with E-state index >= 15 is 0 Å². The summed E-state index contributed by atoms with van der Waals surface area (Å²) in [7, 11) is 0. The predicted molar refractivity (Wildman–Crippen MR) is 119 cm³/mol. The Kier molecular flexibility index (Phi) is 7.38. The molecule has 8 heteroatoms. The van der Waals surface area contributed by atoms with Crippen LogP contribution in [0.1, 0.15) is 29.9 Å². The number of rotatable bonds is 8. The zero-order valence-corrected chi connectivity index (χ0v) is 17.7. The van der Waals surface area contributed by atoms with E-state index in [0.29, 0.717) is 23.6 Å². The van der Waals surface area contributed by atoms with Crippen molar-refractivity contribution < 1.29 is 19.1 Å². The van der Waals surface area contributed by atoms with Gasteiger partial charge in [-0.25, -0.2) is 9.48 Å². The highest BCUT2D eigenvalue weighted by atomic mass is 16.5. The van der Waals surface area contributed by atoms with Gasteiger partial charge in [-0.1, -0.05) is 18.2 Å². The average molecular weight is 430 g/mol. The molecule has 0 aliphatic rings. The van der Waals surface area contributed by atoms with E-state index in [2.05, 4.69) is 10.4 Å². The van der Waals surface area contributed by atoms with Gasteiger partial charge in [0.05, 0.1) is 18.9 Å². The Bertz CT molecular complexity index is 1160. The first-order valence-electron chi connectivity index (χ1n) is 10.0. The number of amides is 1. The number of ether oxygens (including phenoxy) is 2. The Morgan fingerprint density at radius 1 is 1.09 bits per heavy atom. The number of nitriles is 1. The predicted octanol–water partition coefficient (Wildman–Crippen LogP) is 3.99. The van der Waals surface area contributed by atoms with E-state index in [9.17, 15) is 14.9 Å². The normalized spacial score (nSPS) is 10.8. The van der Waals surface area contributed by atoms with Crippen molar-refractivity contribution in [1.29, 1.82) is 5.26 Å². The lowest BCUT2D eigenvalue weighted by atomic mass is 10.1. The van der Waals surface area contributed by atoms with Gasteiger partial charge in [0.1, 0.15) is 17.4 Å². The maximum atomic E-state index is 12.7. The van der Waals surface area contributed by atoms with Crippen LogP contribution in [0.3, 0.4) is 0 Å². The number of aromatic nitrogens is 2. The molecule has 0 aliphatic carbocycles. The Hall–Kier alpha value is -4.38. The maximum Gasteiger partial charge on any atom is 0.359 e. The molecule has 3 aromatic rings. The van der Waals surface area contributed by atoms with Gasteiger partial charge in [0.25, 0.3) is 5.91 Å². The van der Waals surface area contributed by atoms with Crippen LogP contribution in [0.5, 0.6) is 5.75 Å². The molecule has 1 N–H and O–H groups in total. The third-order valence-electron chi connectivity index (χ3n) is 4.32. The van der Waals surface area contributed by atoms with Gasteiger partial charge in [-0.05, 0) is 56.3 Å². The maximum absolute atomic E-state index is 12.7. The molecule has 0 saturated heterocycles. The third kappa shape index (κ3) is 5.40. The van der Waals surface area contributed by atoms with Crippen molar-refractivity contribution in [2.24, 2.45) is 0 Å². The van der Waals surface area contributed by atoms with Crippen LogP contribution in [0.2, 0.25) is 0 Å². The minimum atomic E-state index is -0.641. The fourth-order valence-electron chi connectivity index (χ4n) is 2.87. The summed E-state index contributed by atoms with van der Waals surface area (Å²) in [5, 5.41) is 16.5. The van der Waals surface area contributed by atoms with E-state index < -0.39 is 11.9 Å². The smallest absolute Gasteiger partial charge is 0.359 e. The van der Waals surface area contributed by atoms with Crippen molar-refractivity contribution in [3.05, 3.63) is 77.6 Å². The zero-order chi connectivity index (χ0) is 22.9. The zero-order valence-electron chi connectivity index (χ0n) is 17.7. The number of carbonyl (C=O) groups is 2. The summed E-state index contributed by atoms with van der Waals surface area (Å²) in [6.07, 6.45) is 2.89. The van der Waals surface area contributed by atoms with Crippen molar-refractivity contribution in [2.45, 2.75) is 13.8 Å². The van der Waals surface area contributed by atoms with Gasteiger partial charge in [-0.2, -0.15) is 10.4 Å². The van der Waals surface area contributed by atoms with Crippen molar-refractivity contribution in [2.75, 3.05) is 18.5 Å². The van der Waals surface area contributed by atoms with Crippen LogP contribution in [-0.2, 0) is 9.53 Å². The fraction of sp³-hybridized carbons (Fsp3) is 0.167. The summed E-state index contributed by atoms with van der Waals surface area (Å²) in [5.41, 5.74) is 1.35. The first-order valence-corrected chi connectivity index (χ1v) is 10.0. The van der Waals surface area contributed by atoms with Gasteiger partial charge < -0.3 is 14.8 Å². The van der Waals surface area contributed by atoms with E-state index in [-0.39, 0.29) is 17.9 Å². The third-order valence-corrected chi connectivity index (χ3v) is 4.32. The van der Waals surface area contributed by atoms with Crippen molar-refractivity contribution >= 4 is 23.6 Å². The highest BCUT2D eigenvalue weighted by molar-refractivity contribution is 6.10. The molecule has 1 aromatic heterocycles. The van der Waals surface area contributed by atoms with Crippen LogP contribution in [0.4, 0.5) is 5.69 Å². The molecule has 3 rings (SSSR count). The number of para-hydroxylation sites is 1. The Labute approximate surface area is 185 Å². The SMILES string of the molecule is CCOC(=O)c1nn(-c2ccccc2)cc1C=C(C#N)C(=O)Nc1ccc(OCC)cc1. The standard InChI is InChI=1S/C24H22N4O4/c1-3-31-21-12-10-19(11-13-21)26-23(29)17(15-25)14-18-16-28(20-8-6-5-7-9-20)27-22(18)24(30)32-4-2/h5-14,16H,3-4H2,1-2H3,(H,26,29). The van der Waals surface area contributed by atoms with Crippen LogP contribution >= 0.6 is 0 Å². The second-order valence-corrected chi connectivity index (χ2v) is 6.51. The summed E-state index contributed by atoms with van der Waals surface area (Å²) < 4.78 is 12.0. The van der Waals surface area contributed by atoms with Crippen LogP contribution < -0.4 is 10.1 Å². The van der Waals surface area contributed by atoms with E-state index in [1.807, 2.05) is 43.3 Å². The van der Waals surface area contributed by atoms with Gasteiger partial charge in [0.15, 0.2) is 5.69 Å². The first-order chi connectivity index (χ1) is 15.5. The summed E-state index contributed by atoms with van der Waals surface area (Å²) >= 11 is 0. The molecule has 1 heterocycles. The molecular weight excluding hydrogens is 408 g/mol. The Morgan fingerprint density at radius 2 is 1.81 bits per heavy atom. The van der Waals surface area contributed by atoms with Crippen LogP contribution in [-0.4, -0.2) is 34.9 Å². The summed E-state index contributed by atoms with van der Waals surface area (Å²) in [6, 6.07) is 17.8. The molecule has 32 heavy (non-hydrogen) atoms. The molecule has 0 spiro atoms. The lowest BCUT2D eigenvalue weighted by molar-refractivity contribution is -0.112. The summed E-state index contributed by atoms with van der Waals surface area (Å²) in [6.45, 7) is 4.27. The molecule has 0 unspecified atom stereocenters. The lowest BCUT2D eigenvalue weighted by Crippen LogP contribution is -2.14. The molecule has 8 nitrogen and oxygen atoms in total. The number of benzene rings is 2. The topological polar surface area (TPSA) is 106 Å². The first kappa shape index (κ1) is 22.3. The van der Waals surface area contributed by atoms with Gasteiger partial charge in [-0.15, -0.1) is 0 Å². The second-order valence-electron chi connectivity index (χ2n) is 6.51. The minimum Gasteiger partial charge on any atom is -0.494 e. The summed E-state index contributed by atoms with van der Waals surface area (Å²) in [4.78, 5) is 25.1. The number of hydrogen-bond acceptors (Lipinski definition) is 6. The van der Waals surface area contributed by atoms with E-state index in [1.165, 1.54) is 10.8 Å². The van der Waals surface area contributed by atoms with Crippen LogP contribution in [0.15, 0.2) is 66.4 Å². The molecule has 0 radical (unpaired) electrons. The molecule has 1 amide bonds. The average Bonchev–Trinajstić information content (AvgIpc) is 3.24. The molecule has 0 bridgehead atoms. The largest absolute Gasteiger partial charge is 0.494 e. The number of anilines is 1. The molecule has 0 fully saturated rings. The fourth-order valence-corrected chi connectivity index (χ4v) is 2.87. The molecule has 0 atom stereocenters. The lowest BCUT2D eigenvalue weighted by Gasteiger charge is -2.06. The highest BCUT2D eigenvalue weighted by Gasteiger charge is 2.20.